The Balaban J connectivity index is 1.48. The molecule has 1 saturated carbocycles. The van der Waals surface area contributed by atoms with E-state index >= 15 is 0 Å². The lowest BCUT2D eigenvalue weighted by Crippen LogP contribution is -2.44. The lowest BCUT2D eigenvalue weighted by atomic mass is 10.1. The minimum Gasteiger partial charge on any atom is -0.464 e. The zero-order valence-electron chi connectivity index (χ0n) is 20.2. The monoisotopic (exact) mass is 478 g/mol. The van der Waals surface area contributed by atoms with E-state index in [4.69, 9.17) is 9.15 Å². The van der Waals surface area contributed by atoms with Gasteiger partial charge >= 0.3 is 0 Å². The molecule has 0 spiro atoms. The number of benzene rings is 2. The number of ether oxygens (including phenoxy) is 1. The van der Waals surface area contributed by atoms with Gasteiger partial charge in [-0.05, 0) is 54.7 Å². The molecular formula is C28H31FN2O4. The SMILES string of the molecule is COCCN(CC(=O)N(Cc1ccc(F)cc1)Cc1ccc(C)o1)C(=O)C1CC1c1ccccc1. The minimum absolute atomic E-state index is 0.0279. The van der Waals surface area contributed by atoms with E-state index in [2.05, 4.69) is 0 Å². The molecule has 35 heavy (non-hydrogen) atoms. The summed E-state index contributed by atoms with van der Waals surface area (Å²) in [6.45, 7) is 3.01. The number of hydrogen-bond acceptors (Lipinski definition) is 4. The molecule has 2 amide bonds. The highest BCUT2D eigenvalue weighted by Gasteiger charge is 2.46. The molecule has 6 nitrogen and oxygen atoms in total. The Labute approximate surface area is 205 Å². The van der Waals surface area contributed by atoms with Gasteiger partial charge in [-0.25, -0.2) is 4.39 Å². The van der Waals surface area contributed by atoms with Crippen molar-refractivity contribution in [3.05, 3.63) is 95.2 Å². The van der Waals surface area contributed by atoms with Gasteiger partial charge in [0.15, 0.2) is 0 Å². The largest absolute Gasteiger partial charge is 0.464 e. The average Bonchev–Trinajstić information content (AvgIpc) is 3.57. The van der Waals surface area contributed by atoms with Gasteiger partial charge in [-0.1, -0.05) is 42.5 Å². The minimum atomic E-state index is -0.331. The molecule has 1 aliphatic carbocycles. The third-order valence-electron chi connectivity index (χ3n) is 6.32. The first-order chi connectivity index (χ1) is 16.9. The van der Waals surface area contributed by atoms with Crippen molar-refractivity contribution in [2.75, 3.05) is 26.8 Å². The number of amides is 2. The predicted octanol–water partition coefficient (Wildman–Crippen LogP) is 4.53. The van der Waals surface area contributed by atoms with Crippen LogP contribution in [0.4, 0.5) is 4.39 Å². The fraction of sp³-hybridized carbons (Fsp3) is 0.357. The lowest BCUT2D eigenvalue weighted by molar-refractivity contribution is -0.142. The molecule has 1 fully saturated rings. The molecule has 3 aromatic rings. The Bertz CT molecular complexity index is 1130. The highest BCUT2D eigenvalue weighted by atomic mass is 19.1. The average molecular weight is 479 g/mol. The quantitative estimate of drug-likeness (QED) is 0.406. The fourth-order valence-corrected chi connectivity index (χ4v) is 4.30. The molecule has 1 aliphatic rings. The van der Waals surface area contributed by atoms with Gasteiger partial charge in [0.05, 0.1) is 19.7 Å². The summed E-state index contributed by atoms with van der Waals surface area (Å²) in [6.07, 6.45) is 0.783. The number of aryl methyl sites for hydroxylation is 1. The second-order valence-electron chi connectivity index (χ2n) is 9.00. The van der Waals surface area contributed by atoms with Gasteiger partial charge in [0.2, 0.25) is 11.8 Å². The standard InChI is InChI=1S/C28H31FN2O4/c1-20-8-13-24(35-20)18-31(17-21-9-11-23(29)12-10-21)27(32)19-30(14-15-34-2)28(33)26-16-25(26)22-6-4-3-5-7-22/h3-13,25-26H,14-19H2,1-2H3. The summed E-state index contributed by atoms with van der Waals surface area (Å²) in [7, 11) is 1.58. The van der Waals surface area contributed by atoms with Crippen LogP contribution in [-0.2, 0) is 27.4 Å². The van der Waals surface area contributed by atoms with Crippen LogP contribution >= 0.6 is 0 Å². The maximum Gasteiger partial charge on any atom is 0.242 e. The van der Waals surface area contributed by atoms with Gasteiger partial charge in [-0.15, -0.1) is 0 Å². The second kappa shape index (κ2) is 11.3. The summed E-state index contributed by atoms with van der Waals surface area (Å²) in [6, 6.07) is 19.7. The number of carbonyl (C=O) groups excluding carboxylic acids is 2. The van der Waals surface area contributed by atoms with Crippen LogP contribution < -0.4 is 0 Å². The molecule has 1 heterocycles. The van der Waals surface area contributed by atoms with Crippen molar-refractivity contribution in [2.45, 2.75) is 32.4 Å². The van der Waals surface area contributed by atoms with Crippen LogP contribution in [0, 0.1) is 18.7 Å². The maximum atomic E-state index is 13.5. The Morgan fingerprint density at radius 2 is 1.74 bits per heavy atom. The third-order valence-corrected chi connectivity index (χ3v) is 6.32. The van der Waals surface area contributed by atoms with Crippen molar-refractivity contribution in [3.63, 3.8) is 0 Å². The first kappa shape index (κ1) is 24.7. The van der Waals surface area contributed by atoms with Crippen molar-refractivity contribution in [2.24, 2.45) is 5.92 Å². The molecule has 2 aromatic carbocycles. The molecule has 0 saturated heterocycles. The molecule has 0 aliphatic heterocycles. The van der Waals surface area contributed by atoms with Crippen molar-refractivity contribution >= 4 is 11.8 Å². The summed E-state index contributed by atoms with van der Waals surface area (Å²) in [5, 5.41) is 0. The Morgan fingerprint density at radius 3 is 2.40 bits per heavy atom. The number of nitrogens with zero attached hydrogens (tertiary/aromatic N) is 2. The molecule has 0 bridgehead atoms. The van der Waals surface area contributed by atoms with E-state index in [0.29, 0.717) is 18.9 Å². The molecule has 1 aromatic heterocycles. The number of hydrogen-bond donors (Lipinski definition) is 0. The van der Waals surface area contributed by atoms with Crippen LogP contribution in [0.15, 0.2) is 71.1 Å². The van der Waals surface area contributed by atoms with Gasteiger partial charge in [0.1, 0.15) is 17.3 Å². The van der Waals surface area contributed by atoms with E-state index in [9.17, 15) is 14.0 Å². The van der Waals surface area contributed by atoms with Crippen LogP contribution in [0.1, 0.15) is 35.0 Å². The summed E-state index contributed by atoms with van der Waals surface area (Å²) in [5.74, 6) is 0.906. The van der Waals surface area contributed by atoms with Gasteiger partial charge in [0.25, 0.3) is 0 Å². The van der Waals surface area contributed by atoms with E-state index in [0.717, 1.165) is 23.3 Å². The van der Waals surface area contributed by atoms with Crippen molar-refractivity contribution in [1.82, 2.24) is 9.80 Å². The van der Waals surface area contributed by atoms with Crippen LogP contribution in [0.5, 0.6) is 0 Å². The van der Waals surface area contributed by atoms with Gasteiger partial charge in [-0.3, -0.25) is 9.59 Å². The predicted molar refractivity (Wildman–Crippen MR) is 130 cm³/mol. The van der Waals surface area contributed by atoms with Gasteiger partial charge in [0, 0.05) is 26.1 Å². The van der Waals surface area contributed by atoms with E-state index < -0.39 is 0 Å². The topological polar surface area (TPSA) is 63.0 Å². The van der Waals surface area contributed by atoms with Gasteiger partial charge in [-0.2, -0.15) is 0 Å². The van der Waals surface area contributed by atoms with Crippen molar-refractivity contribution in [3.8, 4) is 0 Å². The lowest BCUT2D eigenvalue weighted by Gasteiger charge is -2.27. The summed E-state index contributed by atoms with van der Waals surface area (Å²) < 4.78 is 24.3. The second-order valence-corrected chi connectivity index (χ2v) is 9.00. The molecule has 2 unspecified atom stereocenters. The van der Waals surface area contributed by atoms with Crippen LogP contribution in [0.25, 0.3) is 0 Å². The summed E-state index contributed by atoms with van der Waals surface area (Å²) >= 11 is 0. The molecule has 184 valence electrons. The smallest absolute Gasteiger partial charge is 0.242 e. The molecular weight excluding hydrogens is 447 g/mol. The van der Waals surface area contributed by atoms with E-state index in [1.807, 2.05) is 49.4 Å². The molecule has 2 atom stereocenters. The van der Waals surface area contributed by atoms with Crippen molar-refractivity contribution < 1.29 is 23.1 Å². The molecule has 0 N–H and O–H groups in total. The van der Waals surface area contributed by atoms with Crippen molar-refractivity contribution in [1.29, 1.82) is 0 Å². The summed E-state index contributed by atoms with van der Waals surface area (Å²) in [5.41, 5.74) is 1.94. The zero-order chi connectivity index (χ0) is 24.8. The number of rotatable bonds is 11. The zero-order valence-corrected chi connectivity index (χ0v) is 20.2. The summed E-state index contributed by atoms with van der Waals surface area (Å²) in [4.78, 5) is 30.1. The molecule has 4 rings (SSSR count). The number of carbonyl (C=O) groups is 2. The van der Waals surface area contributed by atoms with E-state index in [-0.39, 0.29) is 49.1 Å². The number of furan rings is 1. The molecule has 0 radical (unpaired) electrons. The third kappa shape index (κ3) is 6.57. The van der Waals surface area contributed by atoms with Crippen LogP contribution in [0.2, 0.25) is 0 Å². The maximum absolute atomic E-state index is 13.5. The van der Waals surface area contributed by atoms with Gasteiger partial charge < -0.3 is 19.0 Å². The van der Waals surface area contributed by atoms with Crippen LogP contribution in [0.3, 0.4) is 0 Å². The highest BCUT2D eigenvalue weighted by molar-refractivity contribution is 5.88. The Hall–Kier alpha value is -3.45. The van der Waals surface area contributed by atoms with E-state index in [1.54, 1.807) is 29.0 Å². The first-order valence-corrected chi connectivity index (χ1v) is 11.8. The van der Waals surface area contributed by atoms with Crippen LogP contribution in [-0.4, -0.2) is 48.4 Å². The fourth-order valence-electron chi connectivity index (χ4n) is 4.30. The number of methoxy groups -OCH3 is 1. The normalized spacial score (nSPS) is 16.7. The molecule has 7 heteroatoms. The Morgan fingerprint density at radius 1 is 1.00 bits per heavy atom. The van der Waals surface area contributed by atoms with E-state index in [1.165, 1.54) is 12.1 Å². The highest BCUT2D eigenvalue weighted by Crippen LogP contribution is 2.48. The number of halogens is 1. The Kier molecular flexibility index (Phi) is 7.98. The first-order valence-electron chi connectivity index (χ1n) is 11.8.